The molecule has 2 aromatic carbocycles. The first kappa shape index (κ1) is 16.7. The smallest absolute Gasteiger partial charge is 0.248 e. The maximum atomic E-state index is 13.1. The summed E-state index contributed by atoms with van der Waals surface area (Å²) < 4.78 is 18.6. The first-order valence-electron chi connectivity index (χ1n) is 7.56. The van der Waals surface area contributed by atoms with Crippen molar-refractivity contribution >= 4 is 17.7 Å². The van der Waals surface area contributed by atoms with Crippen LogP contribution in [-0.4, -0.2) is 12.5 Å². The third kappa shape index (κ3) is 5.25. The molecule has 0 bridgehead atoms. The lowest BCUT2D eigenvalue weighted by molar-refractivity contribution is -0.111. The molecule has 2 rings (SSSR count). The van der Waals surface area contributed by atoms with Crippen LogP contribution in [0.3, 0.4) is 0 Å². The normalized spacial score (nSPS) is 10.7. The average molecular weight is 313 g/mol. The Labute approximate surface area is 135 Å². The van der Waals surface area contributed by atoms with Crippen molar-refractivity contribution < 1.29 is 13.9 Å². The van der Waals surface area contributed by atoms with Crippen molar-refractivity contribution in [2.75, 3.05) is 11.9 Å². The van der Waals surface area contributed by atoms with Gasteiger partial charge in [-0.1, -0.05) is 19.1 Å². The summed E-state index contributed by atoms with van der Waals surface area (Å²) in [5, 5.41) is 2.80. The molecule has 120 valence electrons. The molecule has 0 saturated carbocycles. The number of anilines is 1. The van der Waals surface area contributed by atoms with Gasteiger partial charge in [0.15, 0.2) is 0 Å². The third-order valence-corrected chi connectivity index (χ3v) is 3.20. The summed E-state index contributed by atoms with van der Waals surface area (Å²) in [5.74, 6) is 0.198. The molecule has 0 spiro atoms. The Kier molecular flexibility index (Phi) is 5.92. The van der Waals surface area contributed by atoms with Crippen LogP contribution in [-0.2, 0) is 4.79 Å². The third-order valence-electron chi connectivity index (χ3n) is 3.20. The lowest BCUT2D eigenvalue weighted by Gasteiger charge is -2.10. The molecule has 0 unspecified atom stereocenters. The first-order valence-corrected chi connectivity index (χ1v) is 7.56. The van der Waals surface area contributed by atoms with Crippen LogP contribution in [0.15, 0.2) is 48.5 Å². The Morgan fingerprint density at radius 2 is 2.09 bits per heavy atom. The average Bonchev–Trinajstić information content (AvgIpc) is 2.53. The monoisotopic (exact) mass is 313 g/mol. The highest BCUT2D eigenvalue weighted by Crippen LogP contribution is 2.21. The molecule has 1 N–H and O–H groups in total. The molecule has 0 heterocycles. The molecule has 2 aromatic rings. The zero-order chi connectivity index (χ0) is 16.7. The second-order valence-corrected chi connectivity index (χ2v) is 5.20. The standard InChI is InChI=1S/C19H20FNO2/c1-3-11-23-17-8-9-18(14(2)12-17)21-19(22)10-7-15-5-4-6-16(20)13-15/h4-10,12-13H,3,11H2,1-2H3,(H,21,22)/b10-7+. The minimum Gasteiger partial charge on any atom is -0.494 e. The summed E-state index contributed by atoms with van der Waals surface area (Å²) in [4.78, 5) is 12.0. The van der Waals surface area contributed by atoms with Gasteiger partial charge in [-0.2, -0.15) is 0 Å². The maximum absolute atomic E-state index is 13.1. The second kappa shape index (κ2) is 8.13. The van der Waals surface area contributed by atoms with E-state index in [9.17, 15) is 9.18 Å². The molecule has 3 nitrogen and oxygen atoms in total. The van der Waals surface area contributed by atoms with Crippen LogP contribution in [0.1, 0.15) is 24.5 Å². The maximum Gasteiger partial charge on any atom is 0.248 e. The van der Waals surface area contributed by atoms with Crippen molar-refractivity contribution in [2.45, 2.75) is 20.3 Å². The van der Waals surface area contributed by atoms with E-state index in [0.29, 0.717) is 12.2 Å². The number of benzene rings is 2. The topological polar surface area (TPSA) is 38.3 Å². The molecule has 0 aromatic heterocycles. The highest BCUT2D eigenvalue weighted by Gasteiger charge is 2.04. The quantitative estimate of drug-likeness (QED) is 0.793. The molecule has 1 amide bonds. The Morgan fingerprint density at radius 3 is 2.78 bits per heavy atom. The van der Waals surface area contributed by atoms with Crippen molar-refractivity contribution in [1.82, 2.24) is 0 Å². The number of carbonyl (C=O) groups excluding carboxylic acids is 1. The van der Waals surface area contributed by atoms with Crippen molar-refractivity contribution in [3.63, 3.8) is 0 Å². The van der Waals surface area contributed by atoms with Gasteiger partial charge >= 0.3 is 0 Å². The first-order chi connectivity index (χ1) is 11.1. The highest BCUT2D eigenvalue weighted by atomic mass is 19.1. The van der Waals surface area contributed by atoms with Crippen molar-refractivity contribution in [3.8, 4) is 5.75 Å². The van der Waals surface area contributed by atoms with E-state index >= 15 is 0 Å². The summed E-state index contributed by atoms with van der Waals surface area (Å²) in [6, 6.07) is 11.6. The summed E-state index contributed by atoms with van der Waals surface area (Å²) >= 11 is 0. The SMILES string of the molecule is CCCOc1ccc(NC(=O)/C=C/c2cccc(F)c2)c(C)c1. The largest absolute Gasteiger partial charge is 0.494 e. The number of carbonyl (C=O) groups is 1. The van der Waals surface area contributed by atoms with E-state index in [4.69, 9.17) is 4.74 Å². The molecule has 23 heavy (non-hydrogen) atoms. The van der Waals surface area contributed by atoms with Gasteiger partial charge in [-0.25, -0.2) is 4.39 Å². The van der Waals surface area contributed by atoms with Gasteiger partial charge in [-0.3, -0.25) is 4.79 Å². The minimum absolute atomic E-state index is 0.264. The van der Waals surface area contributed by atoms with Crippen molar-refractivity contribution in [3.05, 3.63) is 65.5 Å². The molecular formula is C19H20FNO2. The Morgan fingerprint density at radius 1 is 1.26 bits per heavy atom. The van der Waals surface area contributed by atoms with Crippen LogP contribution in [0.2, 0.25) is 0 Å². The van der Waals surface area contributed by atoms with Crippen molar-refractivity contribution in [2.24, 2.45) is 0 Å². The number of aryl methyl sites for hydroxylation is 1. The predicted molar refractivity (Wildman–Crippen MR) is 91.0 cm³/mol. The second-order valence-electron chi connectivity index (χ2n) is 5.20. The van der Waals surface area contributed by atoms with Gasteiger partial charge in [-0.15, -0.1) is 0 Å². The lowest BCUT2D eigenvalue weighted by atomic mass is 10.2. The van der Waals surface area contributed by atoms with Gasteiger partial charge in [0.1, 0.15) is 11.6 Å². The number of amides is 1. The van der Waals surface area contributed by atoms with E-state index in [-0.39, 0.29) is 11.7 Å². The summed E-state index contributed by atoms with van der Waals surface area (Å²) in [7, 11) is 0. The summed E-state index contributed by atoms with van der Waals surface area (Å²) in [5.41, 5.74) is 2.29. The predicted octanol–water partition coefficient (Wildman–Crippen LogP) is 4.57. The van der Waals surface area contributed by atoms with Gasteiger partial charge in [0.25, 0.3) is 0 Å². The number of hydrogen-bond acceptors (Lipinski definition) is 2. The number of ether oxygens (including phenoxy) is 1. The minimum atomic E-state index is -0.328. The van der Waals surface area contributed by atoms with Gasteiger partial charge < -0.3 is 10.1 Å². The van der Waals surface area contributed by atoms with Gasteiger partial charge in [0, 0.05) is 11.8 Å². The number of rotatable bonds is 6. The Hall–Kier alpha value is -2.62. The fourth-order valence-electron chi connectivity index (χ4n) is 2.04. The van der Waals surface area contributed by atoms with E-state index in [1.165, 1.54) is 18.2 Å². The molecule has 0 aliphatic heterocycles. The molecule has 0 aliphatic carbocycles. The molecule has 0 fully saturated rings. The molecule has 0 aliphatic rings. The van der Waals surface area contributed by atoms with Crippen LogP contribution in [0, 0.1) is 12.7 Å². The number of nitrogens with one attached hydrogen (secondary N) is 1. The van der Waals surface area contributed by atoms with Gasteiger partial charge in [-0.05, 0) is 60.9 Å². The van der Waals surface area contributed by atoms with E-state index < -0.39 is 0 Å². The zero-order valence-corrected chi connectivity index (χ0v) is 13.3. The molecule has 4 heteroatoms. The lowest BCUT2D eigenvalue weighted by Crippen LogP contribution is -2.09. The van der Waals surface area contributed by atoms with E-state index in [0.717, 1.165) is 23.4 Å². The van der Waals surface area contributed by atoms with Crippen LogP contribution in [0.4, 0.5) is 10.1 Å². The van der Waals surface area contributed by atoms with E-state index in [1.807, 2.05) is 32.0 Å². The fourth-order valence-corrected chi connectivity index (χ4v) is 2.04. The molecule has 0 atom stereocenters. The molecular weight excluding hydrogens is 293 g/mol. The van der Waals surface area contributed by atoms with Gasteiger partial charge in [0.05, 0.1) is 6.61 Å². The highest BCUT2D eigenvalue weighted by molar-refractivity contribution is 6.02. The van der Waals surface area contributed by atoms with Crippen LogP contribution in [0.5, 0.6) is 5.75 Å². The van der Waals surface area contributed by atoms with Gasteiger partial charge in [0.2, 0.25) is 5.91 Å². The number of halogens is 1. The van der Waals surface area contributed by atoms with E-state index in [2.05, 4.69) is 5.32 Å². The van der Waals surface area contributed by atoms with Crippen LogP contribution < -0.4 is 10.1 Å². The van der Waals surface area contributed by atoms with E-state index in [1.54, 1.807) is 18.2 Å². The molecule has 0 saturated heterocycles. The van der Waals surface area contributed by atoms with Crippen LogP contribution >= 0.6 is 0 Å². The van der Waals surface area contributed by atoms with Crippen molar-refractivity contribution in [1.29, 1.82) is 0 Å². The Balaban J connectivity index is 1.99. The summed E-state index contributed by atoms with van der Waals surface area (Å²) in [6.45, 7) is 4.62. The molecule has 0 radical (unpaired) electrons. The Bertz CT molecular complexity index is 710. The van der Waals surface area contributed by atoms with Crippen LogP contribution in [0.25, 0.3) is 6.08 Å². The number of hydrogen-bond donors (Lipinski definition) is 1. The summed E-state index contributed by atoms with van der Waals surface area (Å²) in [6.07, 6.45) is 3.91. The fraction of sp³-hybridized carbons (Fsp3) is 0.211. The zero-order valence-electron chi connectivity index (χ0n) is 13.3.